The molecule has 0 N–H and O–H groups in total. The number of rotatable bonds is 10. The molecule has 13 heteroatoms. The fourth-order valence-corrected chi connectivity index (χ4v) is 3.38. The quantitative estimate of drug-likeness (QED) is 0.430. The van der Waals surface area contributed by atoms with Gasteiger partial charge >= 0.3 is 14.7 Å². The van der Waals surface area contributed by atoms with Crippen LogP contribution in [0.2, 0.25) is 0 Å². The van der Waals surface area contributed by atoms with E-state index in [-0.39, 0.29) is 0 Å². The molecule has 0 aliphatic rings. The van der Waals surface area contributed by atoms with Crippen LogP contribution in [0.1, 0.15) is 0 Å². The molecule has 23 heavy (non-hydrogen) atoms. The van der Waals surface area contributed by atoms with Crippen LogP contribution in [-0.4, -0.2) is 73.0 Å². The van der Waals surface area contributed by atoms with E-state index in [1.54, 1.807) is 0 Å². The second-order valence-corrected chi connectivity index (χ2v) is 7.26. The lowest BCUT2D eigenvalue weighted by Crippen LogP contribution is -2.63. The molecule has 3 nitrogen and oxygen atoms in total. The van der Waals surface area contributed by atoms with Crippen molar-refractivity contribution in [3.8, 4) is 0 Å². The Morgan fingerprint density at radius 2 is 1.09 bits per heavy atom. The molecule has 0 aliphatic heterocycles. The average molecular weight is 382 g/mol. The van der Waals surface area contributed by atoms with Crippen molar-refractivity contribution in [1.29, 1.82) is 0 Å². The third-order valence-corrected chi connectivity index (χ3v) is 5.71. The van der Waals surface area contributed by atoms with Gasteiger partial charge in [-0.1, -0.05) is 0 Å². The van der Waals surface area contributed by atoms with Crippen LogP contribution in [0, 0.1) is 0 Å². The maximum atomic E-state index is 13.9. The van der Waals surface area contributed by atoms with E-state index in [4.69, 9.17) is 0 Å². The van der Waals surface area contributed by atoms with E-state index in [0.717, 1.165) is 0 Å². The average Bonchev–Trinajstić information content (AvgIpc) is 2.53. The molecule has 0 heterocycles. The van der Waals surface area contributed by atoms with Gasteiger partial charge in [-0.3, -0.25) is 0 Å². The van der Waals surface area contributed by atoms with Crippen LogP contribution < -0.4 is 0 Å². The molecular formula is C10H15F9O3Si. The van der Waals surface area contributed by atoms with Gasteiger partial charge in [0.1, 0.15) is 0 Å². The van der Waals surface area contributed by atoms with E-state index in [1.165, 1.54) is 0 Å². The standard InChI is InChI=1S/C10H15F9O3Si/c1-20-23(21-2,22-3)9(17)10(18,19)7(14)5(12)4(11)6(13)8(15)16/h4-9H,1-3H3. The van der Waals surface area contributed by atoms with Crippen molar-refractivity contribution in [3.05, 3.63) is 0 Å². The van der Waals surface area contributed by atoms with Gasteiger partial charge in [0, 0.05) is 21.3 Å². The minimum atomic E-state index is -5.29. The van der Waals surface area contributed by atoms with Gasteiger partial charge in [0.05, 0.1) is 0 Å². The Morgan fingerprint density at radius 1 is 0.696 bits per heavy atom. The molecule has 0 saturated carbocycles. The first-order chi connectivity index (χ1) is 10.4. The van der Waals surface area contributed by atoms with E-state index < -0.39 is 51.6 Å². The highest BCUT2D eigenvalue weighted by Gasteiger charge is 2.67. The molecule has 0 amide bonds. The van der Waals surface area contributed by atoms with Crippen LogP contribution in [0.15, 0.2) is 0 Å². The zero-order chi connectivity index (χ0) is 18.6. The van der Waals surface area contributed by atoms with Gasteiger partial charge in [0.25, 0.3) is 6.43 Å². The van der Waals surface area contributed by atoms with Crippen molar-refractivity contribution in [2.45, 2.75) is 42.8 Å². The van der Waals surface area contributed by atoms with E-state index >= 15 is 0 Å². The van der Waals surface area contributed by atoms with E-state index in [0.29, 0.717) is 21.3 Å². The highest BCUT2D eigenvalue weighted by Crippen LogP contribution is 2.38. The normalized spacial score (nSPS) is 20.2. The molecule has 0 rings (SSSR count). The summed E-state index contributed by atoms with van der Waals surface area (Å²) in [5, 5.41) is 0. The van der Waals surface area contributed by atoms with Gasteiger partial charge in [-0.2, -0.15) is 0 Å². The first-order valence-electron chi connectivity index (χ1n) is 5.94. The van der Waals surface area contributed by atoms with Crippen molar-refractivity contribution in [3.63, 3.8) is 0 Å². The topological polar surface area (TPSA) is 27.7 Å². The van der Waals surface area contributed by atoms with Crippen LogP contribution in [0.25, 0.3) is 0 Å². The third kappa shape index (κ3) is 4.51. The van der Waals surface area contributed by atoms with Crippen molar-refractivity contribution in [2.75, 3.05) is 21.3 Å². The molecule has 0 spiro atoms. The molecule has 0 aromatic heterocycles. The van der Waals surface area contributed by atoms with E-state index in [1.807, 2.05) is 0 Å². The molecule has 0 radical (unpaired) electrons. The maximum absolute atomic E-state index is 13.9. The van der Waals surface area contributed by atoms with Crippen LogP contribution in [0.3, 0.4) is 0 Å². The minimum Gasteiger partial charge on any atom is -0.375 e. The SMILES string of the molecule is CO[Si](OC)(OC)C(F)C(F)(F)C(F)C(F)C(F)C(F)C(F)F. The lowest BCUT2D eigenvalue weighted by Gasteiger charge is -2.34. The predicted octanol–water partition coefficient (Wildman–Crippen LogP) is 2.99. The Hall–Kier alpha value is -0.533. The summed E-state index contributed by atoms with van der Waals surface area (Å²) in [6, 6.07) is 0. The molecule has 5 atom stereocenters. The van der Waals surface area contributed by atoms with E-state index in [2.05, 4.69) is 13.3 Å². The van der Waals surface area contributed by atoms with Crippen molar-refractivity contribution >= 4 is 8.80 Å². The second-order valence-electron chi connectivity index (χ2n) is 4.32. The smallest absolute Gasteiger partial charge is 0.375 e. The molecule has 0 aromatic rings. The van der Waals surface area contributed by atoms with Gasteiger partial charge in [-0.05, 0) is 0 Å². The van der Waals surface area contributed by atoms with Crippen molar-refractivity contribution in [2.24, 2.45) is 0 Å². The van der Waals surface area contributed by atoms with Crippen molar-refractivity contribution < 1.29 is 52.8 Å². The minimum absolute atomic E-state index is 0.689. The molecule has 0 aromatic carbocycles. The summed E-state index contributed by atoms with van der Waals surface area (Å²) in [5.41, 5.74) is 0. The van der Waals surface area contributed by atoms with Crippen LogP contribution >= 0.6 is 0 Å². The zero-order valence-corrected chi connectivity index (χ0v) is 13.1. The number of alkyl halides is 9. The first kappa shape index (κ1) is 22.5. The summed E-state index contributed by atoms with van der Waals surface area (Å²) in [5.74, 6) is -8.99. The fraction of sp³-hybridized carbons (Fsp3) is 1.00. The Labute approximate surface area is 127 Å². The molecule has 0 fully saturated rings. The second kappa shape index (κ2) is 8.53. The molecule has 0 saturated heterocycles. The lowest BCUT2D eigenvalue weighted by atomic mass is 10.0. The third-order valence-electron chi connectivity index (χ3n) is 3.00. The van der Waals surface area contributed by atoms with Gasteiger partial charge < -0.3 is 13.3 Å². The Bertz CT molecular complexity index is 350. The predicted molar refractivity (Wildman–Crippen MR) is 62.2 cm³/mol. The number of hydrogen-bond donors (Lipinski definition) is 0. The van der Waals surface area contributed by atoms with Crippen LogP contribution in [0.4, 0.5) is 39.5 Å². The lowest BCUT2D eigenvalue weighted by molar-refractivity contribution is -0.159. The van der Waals surface area contributed by atoms with Gasteiger partial charge in [-0.25, -0.2) is 39.5 Å². The Kier molecular flexibility index (Phi) is 8.33. The highest BCUT2D eigenvalue weighted by atomic mass is 28.4. The van der Waals surface area contributed by atoms with Gasteiger partial charge in [-0.15, -0.1) is 0 Å². The summed E-state index contributed by atoms with van der Waals surface area (Å²) in [4.78, 5) is 0. The fourth-order valence-electron chi connectivity index (χ4n) is 1.62. The maximum Gasteiger partial charge on any atom is 0.542 e. The molecule has 140 valence electrons. The van der Waals surface area contributed by atoms with Gasteiger partial charge in [0.15, 0.2) is 18.5 Å². The van der Waals surface area contributed by atoms with Crippen LogP contribution in [0.5, 0.6) is 0 Å². The Morgan fingerprint density at radius 3 is 1.39 bits per heavy atom. The summed E-state index contributed by atoms with van der Waals surface area (Å²) in [6.07, 6.45) is -20.2. The monoisotopic (exact) mass is 382 g/mol. The molecule has 0 bridgehead atoms. The summed E-state index contributed by atoms with van der Waals surface area (Å²) in [7, 11) is -2.77. The van der Waals surface area contributed by atoms with Crippen LogP contribution in [-0.2, 0) is 13.3 Å². The molecule has 5 unspecified atom stereocenters. The summed E-state index contributed by atoms with van der Waals surface area (Å²) in [6.45, 7) is 0. The van der Waals surface area contributed by atoms with Gasteiger partial charge in [0.2, 0.25) is 12.0 Å². The number of halogens is 9. The molecule has 0 aliphatic carbocycles. The Balaban J connectivity index is 5.40. The summed E-state index contributed by atoms with van der Waals surface area (Å²) >= 11 is 0. The largest absolute Gasteiger partial charge is 0.542 e. The van der Waals surface area contributed by atoms with Crippen molar-refractivity contribution in [1.82, 2.24) is 0 Å². The highest BCUT2D eigenvalue weighted by molar-refractivity contribution is 6.62. The number of hydrogen-bond acceptors (Lipinski definition) is 3. The van der Waals surface area contributed by atoms with E-state index in [9.17, 15) is 39.5 Å². The zero-order valence-electron chi connectivity index (χ0n) is 12.1. The summed E-state index contributed by atoms with van der Waals surface area (Å²) < 4.78 is 130. The molecular weight excluding hydrogens is 367 g/mol. The first-order valence-corrected chi connectivity index (χ1v) is 7.74.